The standard InChI is InChI=1S/C16H15BrN2O/c1-11-4-2-5-12-6-3-9-19(15(11)12)16(20)13-7-8-18-14(17)10-13/h2,4-5,7-8,10H,3,6,9H2,1H3. The number of amides is 1. The largest absolute Gasteiger partial charge is 0.308 e. The minimum absolute atomic E-state index is 0.0448. The third-order valence-electron chi connectivity index (χ3n) is 3.64. The van der Waals surface area contributed by atoms with Crippen LogP contribution in [0, 0.1) is 6.92 Å². The van der Waals surface area contributed by atoms with Gasteiger partial charge in [0, 0.05) is 18.3 Å². The normalized spacial score (nSPS) is 14.0. The molecule has 0 bridgehead atoms. The maximum absolute atomic E-state index is 12.7. The summed E-state index contributed by atoms with van der Waals surface area (Å²) in [6, 6.07) is 9.77. The number of halogens is 1. The number of benzene rings is 1. The molecule has 0 radical (unpaired) electrons. The van der Waals surface area contributed by atoms with E-state index in [1.807, 2.05) is 4.90 Å². The zero-order valence-electron chi connectivity index (χ0n) is 11.3. The van der Waals surface area contributed by atoms with Gasteiger partial charge in [-0.1, -0.05) is 18.2 Å². The predicted molar refractivity (Wildman–Crippen MR) is 83.1 cm³/mol. The number of para-hydroxylation sites is 1. The molecule has 4 heteroatoms. The number of rotatable bonds is 1. The van der Waals surface area contributed by atoms with Crippen LogP contribution in [0.4, 0.5) is 5.69 Å². The van der Waals surface area contributed by atoms with Gasteiger partial charge in [-0.25, -0.2) is 4.98 Å². The van der Waals surface area contributed by atoms with E-state index in [2.05, 4.69) is 46.0 Å². The Morgan fingerprint density at radius 2 is 2.20 bits per heavy atom. The fourth-order valence-electron chi connectivity index (χ4n) is 2.74. The second kappa shape index (κ2) is 5.37. The van der Waals surface area contributed by atoms with Crippen LogP contribution in [-0.2, 0) is 6.42 Å². The molecule has 1 aromatic carbocycles. The molecule has 102 valence electrons. The van der Waals surface area contributed by atoms with Gasteiger partial charge in [-0.2, -0.15) is 0 Å². The molecule has 0 N–H and O–H groups in total. The van der Waals surface area contributed by atoms with E-state index in [4.69, 9.17) is 0 Å². The number of hydrogen-bond donors (Lipinski definition) is 0. The highest BCUT2D eigenvalue weighted by atomic mass is 79.9. The number of aryl methyl sites for hydroxylation is 2. The summed E-state index contributed by atoms with van der Waals surface area (Å²) in [5.74, 6) is 0.0448. The second-order valence-corrected chi connectivity index (χ2v) is 5.82. The first-order valence-electron chi connectivity index (χ1n) is 6.69. The van der Waals surface area contributed by atoms with Gasteiger partial charge in [-0.3, -0.25) is 4.79 Å². The lowest BCUT2D eigenvalue weighted by Crippen LogP contribution is -2.36. The van der Waals surface area contributed by atoms with Gasteiger partial charge in [0.2, 0.25) is 0 Å². The topological polar surface area (TPSA) is 33.2 Å². The van der Waals surface area contributed by atoms with Crippen molar-refractivity contribution in [2.24, 2.45) is 0 Å². The average Bonchev–Trinajstić information content (AvgIpc) is 2.46. The summed E-state index contributed by atoms with van der Waals surface area (Å²) in [5.41, 5.74) is 4.17. The number of pyridine rings is 1. The summed E-state index contributed by atoms with van der Waals surface area (Å²) in [5, 5.41) is 0. The lowest BCUT2D eigenvalue weighted by Gasteiger charge is -2.31. The van der Waals surface area contributed by atoms with E-state index in [0.29, 0.717) is 10.2 Å². The first-order chi connectivity index (χ1) is 9.66. The Labute approximate surface area is 126 Å². The highest BCUT2D eigenvalue weighted by Crippen LogP contribution is 2.31. The van der Waals surface area contributed by atoms with Gasteiger partial charge in [0.15, 0.2) is 0 Å². The zero-order valence-corrected chi connectivity index (χ0v) is 12.9. The van der Waals surface area contributed by atoms with Gasteiger partial charge in [0.05, 0.1) is 5.69 Å². The molecule has 0 aliphatic carbocycles. The molecule has 0 atom stereocenters. The fraction of sp³-hybridized carbons (Fsp3) is 0.250. The van der Waals surface area contributed by atoms with E-state index in [1.54, 1.807) is 18.3 Å². The Balaban J connectivity index is 2.03. The van der Waals surface area contributed by atoms with Crippen LogP contribution < -0.4 is 4.90 Å². The van der Waals surface area contributed by atoms with Crippen molar-refractivity contribution < 1.29 is 4.79 Å². The number of aromatic nitrogens is 1. The van der Waals surface area contributed by atoms with Crippen molar-refractivity contribution >= 4 is 27.5 Å². The van der Waals surface area contributed by atoms with E-state index >= 15 is 0 Å². The number of nitrogens with zero attached hydrogens (tertiary/aromatic N) is 2. The monoisotopic (exact) mass is 330 g/mol. The average molecular weight is 331 g/mol. The Bertz CT molecular complexity index is 669. The molecular formula is C16H15BrN2O. The summed E-state index contributed by atoms with van der Waals surface area (Å²) in [7, 11) is 0. The molecule has 2 aromatic rings. The predicted octanol–water partition coefficient (Wildman–Crippen LogP) is 3.75. The van der Waals surface area contributed by atoms with Crippen LogP contribution in [0.3, 0.4) is 0 Å². The van der Waals surface area contributed by atoms with Crippen molar-refractivity contribution in [3.05, 3.63) is 57.8 Å². The fourth-order valence-corrected chi connectivity index (χ4v) is 3.11. The Morgan fingerprint density at radius 3 is 3.00 bits per heavy atom. The SMILES string of the molecule is Cc1cccc2c1N(C(=O)c1ccnc(Br)c1)CCC2. The summed E-state index contributed by atoms with van der Waals surface area (Å²) in [6.07, 6.45) is 3.70. The zero-order chi connectivity index (χ0) is 14.1. The van der Waals surface area contributed by atoms with Crippen LogP contribution in [-0.4, -0.2) is 17.4 Å². The number of anilines is 1. The van der Waals surface area contributed by atoms with Crippen molar-refractivity contribution in [3.63, 3.8) is 0 Å². The molecule has 1 aliphatic rings. The molecule has 0 fully saturated rings. The Morgan fingerprint density at radius 1 is 1.35 bits per heavy atom. The highest BCUT2D eigenvalue weighted by molar-refractivity contribution is 9.10. The van der Waals surface area contributed by atoms with Gasteiger partial charge in [-0.15, -0.1) is 0 Å². The first-order valence-corrected chi connectivity index (χ1v) is 7.48. The summed E-state index contributed by atoms with van der Waals surface area (Å²) >= 11 is 3.32. The number of carbonyl (C=O) groups is 1. The van der Waals surface area contributed by atoms with E-state index in [1.165, 1.54) is 5.56 Å². The smallest absolute Gasteiger partial charge is 0.258 e. The number of carbonyl (C=O) groups excluding carboxylic acids is 1. The van der Waals surface area contributed by atoms with Crippen molar-refractivity contribution in [1.82, 2.24) is 4.98 Å². The van der Waals surface area contributed by atoms with Crippen LogP contribution in [0.5, 0.6) is 0 Å². The highest BCUT2D eigenvalue weighted by Gasteiger charge is 2.25. The molecule has 20 heavy (non-hydrogen) atoms. The number of hydrogen-bond acceptors (Lipinski definition) is 2. The molecular weight excluding hydrogens is 316 g/mol. The van der Waals surface area contributed by atoms with Gasteiger partial charge >= 0.3 is 0 Å². The molecule has 0 saturated carbocycles. The maximum Gasteiger partial charge on any atom is 0.258 e. The summed E-state index contributed by atoms with van der Waals surface area (Å²) in [4.78, 5) is 18.7. The molecule has 0 unspecified atom stereocenters. The molecule has 2 heterocycles. The second-order valence-electron chi connectivity index (χ2n) is 5.01. The molecule has 0 spiro atoms. The third kappa shape index (κ3) is 2.36. The van der Waals surface area contributed by atoms with Gasteiger partial charge in [0.1, 0.15) is 4.60 Å². The molecule has 1 aliphatic heterocycles. The molecule has 0 saturated heterocycles. The van der Waals surface area contributed by atoms with E-state index in [-0.39, 0.29) is 5.91 Å². The number of fused-ring (bicyclic) bond motifs is 1. The van der Waals surface area contributed by atoms with Crippen molar-refractivity contribution in [3.8, 4) is 0 Å². The van der Waals surface area contributed by atoms with Gasteiger partial charge < -0.3 is 4.90 Å². The van der Waals surface area contributed by atoms with E-state index in [9.17, 15) is 4.79 Å². The minimum Gasteiger partial charge on any atom is -0.308 e. The lowest BCUT2D eigenvalue weighted by atomic mass is 9.97. The van der Waals surface area contributed by atoms with Crippen molar-refractivity contribution in [2.75, 3.05) is 11.4 Å². The van der Waals surface area contributed by atoms with Crippen LogP contribution in [0.1, 0.15) is 27.9 Å². The van der Waals surface area contributed by atoms with Crippen LogP contribution in [0.25, 0.3) is 0 Å². The molecule has 3 nitrogen and oxygen atoms in total. The van der Waals surface area contributed by atoms with Crippen molar-refractivity contribution in [1.29, 1.82) is 0 Å². The van der Waals surface area contributed by atoms with E-state index in [0.717, 1.165) is 30.6 Å². The maximum atomic E-state index is 12.7. The Kier molecular flexibility index (Phi) is 3.57. The lowest BCUT2D eigenvalue weighted by molar-refractivity contribution is 0.0984. The molecule has 1 aromatic heterocycles. The Hall–Kier alpha value is -1.68. The first kappa shape index (κ1) is 13.3. The van der Waals surface area contributed by atoms with E-state index < -0.39 is 0 Å². The van der Waals surface area contributed by atoms with Crippen LogP contribution >= 0.6 is 15.9 Å². The third-order valence-corrected chi connectivity index (χ3v) is 4.07. The van der Waals surface area contributed by atoms with Gasteiger partial charge in [-0.05, 0) is 59.0 Å². The quantitative estimate of drug-likeness (QED) is 0.746. The van der Waals surface area contributed by atoms with Crippen LogP contribution in [0.15, 0.2) is 41.1 Å². The van der Waals surface area contributed by atoms with Crippen LogP contribution in [0.2, 0.25) is 0 Å². The van der Waals surface area contributed by atoms with Crippen molar-refractivity contribution in [2.45, 2.75) is 19.8 Å². The molecule has 3 rings (SSSR count). The van der Waals surface area contributed by atoms with Gasteiger partial charge in [0.25, 0.3) is 5.91 Å². The summed E-state index contributed by atoms with van der Waals surface area (Å²) < 4.78 is 0.686. The molecule has 1 amide bonds. The summed E-state index contributed by atoms with van der Waals surface area (Å²) in [6.45, 7) is 2.84. The minimum atomic E-state index is 0.0448.